The van der Waals surface area contributed by atoms with E-state index in [1.807, 2.05) is 24.5 Å². The standard InChI is InChI=1S/C9H11NO/c11-6-8-5-9(8)7-1-3-10-4-2-7/h1-4,8-9,11H,5-6H2/t8-,9+/m0/s1. The van der Waals surface area contributed by atoms with Crippen LogP contribution in [0, 0.1) is 5.92 Å². The zero-order chi connectivity index (χ0) is 7.68. The van der Waals surface area contributed by atoms with E-state index >= 15 is 0 Å². The summed E-state index contributed by atoms with van der Waals surface area (Å²) in [7, 11) is 0. The monoisotopic (exact) mass is 149 g/mol. The maximum atomic E-state index is 8.82. The maximum Gasteiger partial charge on any atom is 0.0465 e. The van der Waals surface area contributed by atoms with Crippen molar-refractivity contribution in [3.05, 3.63) is 30.1 Å². The lowest BCUT2D eigenvalue weighted by molar-refractivity contribution is 0.274. The van der Waals surface area contributed by atoms with E-state index in [0.717, 1.165) is 6.42 Å². The van der Waals surface area contributed by atoms with E-state index < -0.39 is 0 Å². The summed E-state index contributed by atoms with van der Waals surface area (Å²) in [5, 5.41) is 8.82. The van der Waals surface area contributed by atoms with Crippen LogP contribution in [0.1, 0.15) is 17.9 Å². The summed E-state index contributed by atoms with van der Waals surface area (Å²) in [6.07, 6.45) is 4.75. The number of hydrogen-bond acceptors (Lipinski definition) is 2. The second-order valence-corrected chi connectivity index (χ2v) is 3.07. The predicted molar refractivity (Wildman–Crippen MR) is 42.2 cm³/mol. The Labute approximate surface area is 65.9 Å². The highest BCUT2D eigenvalue weighted by atomic mass is 16.3. The summed E-state index contributed by atoms with van der Waals surface area (Å²) < 4.78 is 0. The fraction of sp³-hybridized carbons (Fsp3) is 0.444. The number of pyridine rings is 1. The normalized spacial score (nSPS) is 28.5. The van der Waals surface area contributed by atoms with Crippen LogP contribution in [-0.2, 0) is 0 Å². The number of aliphatic hydroxyl groups excluding tert-OH is 1. The van der Waals surface area contributed by atoms with E-state index in [-0.39, 0.29) is 0 Å². The molecule has 1 aliphatic carbocycles. The molecule has 2 atom stereocenters. The Kier molecular flexibility index (Phi) is 1.62. The van der Waals surface area contributed by atoms with Gasteiger partial charge in [-0.2, -0.15) is 0 Å². The predicted octanol–water partition coefficient (Wildman–Crippen LogP) is 1.18. The minimum atomic E-state index is 0.326. The Bertz CT molecular complexity index is 235. The molecule has 0 bridgehead atoms. The molecule has 2 nitrogen and oxygen atoms in total. The minimum Gasteiger partial charge on any atom is -0.396 e. The van der Waals surface area contributed by atoms with Gasteiger partial charge in [0.15, 0.2) is 0 Å². The van der Waals surface area contributed by atoms with Crippen molar-refractivity contribution in [3.63, 3.8) is 0 Å². The topological polar surface area (TPSA) is 33.1 Å². The molecule has 0 spiro atoms. The smallest absolute Gasteiger partial charge is 0.0465 e. The van der Waals surface area contributed by atoms with Crippen LogP contribution in [0.15, 0.2) is 24.5 Å². The molecule has 0 aromatic carbocycles. The molecule has 1 heterocycles. The van der Waals surface area contributed by atoms with Gasteiger partial charge in [-0.05, 0) is 36.0 Å². The molecule has 0 amide bonds. The van der Waals surface area contributed by atoms with E-state index in [0.29, 0.717) is 18.4 Å². The Morgan fingerprint density at radius 3 is 2.73 bits per heavy atom. The molecule has 0 aliphatic heterocycles. The second-order valence-electron chi connectivity index (χ2n) is 3.07. The fourth-order valence-electron chi connectivity index (χ4n) is 1.47. The van der Waals surface area contributed by atoms with Crippen LogP contribution in [0.3, 0.4) is 0 Å². The fourth-order valence-corrected chi connectivity index (χ4v) is 1.47. The van der Waals surface area contributed by atoms with Crippen molar-refractivity contribution in [3.8, 4) is 0 Å². The Morgan fingerprint density at radius 1 is 1.45 bits per heavy atom. The van der Waals surface area contributed by atoms with Crippen LogP contribution in [0.5, 0.6) is 0 Å². The van der Waals surface area contributed by atoms with E-state index in [1.54, 1.807) is 0 Å². The van der Waals surface area contributed by atoms with Gasteiger partial charge in [-0.3, -0.25) is 4.98 Å². The molecule has 1 aromatic rings. The summed E-state index contributed by atoms with van der Waals surface area (Å²) in [5.41, 5.74) is 1.32. The maximum absolute atomic E-state index is 8.82. The number of rotatable bonds is 2. The lowest BCUT2D eigenvalue weighted by atomic mass is 10.1. The molecular weight excluding hydrogens is 138 g/mol. The van der Waals surface area contributed by atoms with Gasteiger partial charge in [0.05, 0.1) is 0 Å². The van der Waals surface area contributed by atoms with Crippen LogP contribution >= 0.6 is 0 Å². The number of nitrogens with zero attached hydrogens (tertiary/aromatic N) is 1. The Hall–Kier alpha value is -0.890. The molecule has 1 aliphatic rings. The number of aromatic nitrogens is 1. The van der Waals surface area contributed by atoms with Crippen LogP contribution in [0.2, 0.25) is 0 Å². The van der Waals surface area contributed by atoms with Gasteiger partial charge in [-0.25, -0.2) is 0 Å². The highest BCUT2D eigenvalue weighted by molar-refractivity contribution is 5.22. The largest absolute Gasteiger partial charge is 0.396 e. The van der Waals surface area contributed by atoms with Gasteiger partial charge >= 0.3 is 0 Å². The Balaban J connectivity index is 2.09. The van der Waals surface area contributed by atoms with Crippen molar-refractivity contribution < 1.29 is 5.11 Å². The average molecular weight is 149 g/mol. The molecule has 11 heavy (non-hydrogen) atoms. The highest BCUT2D eigenvalue weighted by Gasteiger charge is 2.37. The third-order valence-corrected chi connectivity index (χ3v) is 2.29. The molecule has 1 N–H and O–H groups in total. The van der Waals surface area contributed by atoms with Gasteiger partial charge in [0.2, 0.25) is 0 Å². The molecule has 58 valence electrons. The van der Waals surface area contributed by atoms with E-state index in [4.69, 9.17) is 5.11 Å². The molecule has 2 rings (SSSR count). The summed E-state index contributed by atoms with van der Waals surface area (Å²) in [5.74, 6) is 1.11. The molecule has 0 radical (unpaired) electrons. The van der Waals surface area contributed by atoms with Gasteiger partial charge < -0.3 is 5.11 Å². The first-order valence-electron chi connectivity index (χ1n) is 3.92. The zero-order valence-corrected chi connectivity index (χ0v) is 6.27. The van der Waals surface area contributed by atoms with Crippen LogP contribution in [0.4, 0.5) is 0 Å². The molecular formula is C9H11NO. The van der Waals surface area contributed by atoms with E-state index in [1.165, 1.54) is 5.56 Å². The van der Waals surface area contributed by atoms with Crippen molar-refractivity contribution >= 4 is 0 Å². The molecule has 1 aromatic heterocycles. The van der Waals surface area contributed by atoms with Gasteiger partial charge in [0, 0.05) is 19.0 Å². The molecule has 2 heteroatoms. The van der Waals surface area contributed by atoms with Crippen LogP contribution in [0.25, 0.3) is 0 Å². The summed E-state index contributed by atoms with van der Waals surface area (Å²) in [6.45, 7) is 0.326. The third-order valence-electron chi connectivity index (χ3n) is 2.29. The first-order chi connectivity index (χ1) is 5.42. The third kappa shape index (κ3) is 1.26. The first-order valence-corrected chi connectivity index (χ1v) is 3.92. The van der Waals surface area contributed by atoms with Crippen molar-refractivity contribution in [2.24, 2.45) is 5.92 Å². The lowest BCUT2D eigenvalue weighted by Gasteiger charge is -1.95. The average Bonchev–Trinajstić information content (AvgIpc) is 2.85. The summed E-state index contributed by atoms with van der Waals surface area (Å²) >= 11 is 0. The van der Waals surface area contributed by atoms with Gasteiger partial charge in [0.1, 0.15) is 0 Å². The van der Waals surface area contributed by atoms with Gasteiger partial charge in [-0.1, -0.05) is 0 Å². The van der Waals surface area contributed by atoms with Gasteiger partial charge in [0.25, 0.3) is 0 Å². The lowest BCUT2D eigenvalue weighted by Crippen LogP contribution is -1.88. The minimum absolute atomic E-state index is 0.326. The van der Waals surface area contributed by atoms with Gasteiger partial charge in [-0.15, -0.1) is 0 Å². The SMILES string of the molecule is OC[C@@H]1C[C@@H]1c1ccncc1. The Morgan fingerprint density at radius 2 is 2.18 bits per heavy atom. The van der Waals surface area contributed by atoms with Crippen LogP contribution < -0.4 is 0 Å². The quantitative estimate of drug-likeness (QED) is 0.684. The number of aliphatic hydroxyl groups is 1. The summed E-state index contributed by atoms with van der Waals surface area (Å²) in [4.78, 5) is 3.94. The van der Waals surface area contributed by atoms with E-state index in [2.05, 4.69) is 4.98 Å². The molecule has 1 fully saturated rings. The molecule has 0 unspecified atom stereocenters. The second kappa shape index (κ2) is 2.62. The highest BCUT2D eigenvalue weighted by Crippen LogP contribution is 2.46. The van der Waals surface area contributed by atoms with E-state index in [9.17, 15) is 0 Å². The summed E-state index contributed by atoms with van der Waals surface area (Å²) in [6, 6.07) is 4.06. The molecule has 1 saturated carbocycles. The molecule has 0 saturated heterocycles. The van der Waals surface area contributed by atoms with Crippen molar-refractivity contribution in [2.45, 2.75) is 12.3 Å². The van der Waals surface area contributed by atoms with Crippen molar-refractivity contribution in [1.82, 2.24) is 4.98 Å². The number of hydrogen-bond donors (Lipinski definition) is 1. The van der Waals surface area contributed by atoms with Crippen molar-refractivity contribution in [1.29, 1.82) is 0 Å². The zero-order valence-electron chi connectivity index (χ0n) is 6.27. The van der Waals surface area contributed by atoms with Crippen LogP contribution in [-0.4, -0.2) is 16.7 Å². The first kappa shape index (κ1) is 6.80. The van der Waals surface area contributed by atoms with Crippen molar-refractivity contribution in [2.75, 3.05) is 6.61 Å².